The second kappa shape index (κ2) is 5.78. The number of phenols is 1. The Bertz CT molecular complexity index is 352. The Morgan fingerprint density at radius 1 is 1.60 bits per heavy atom. The first-order chi connectivity index (χ1) is 7.13. The van der Waals surface area contributed by atoms with Crippen LogP contribution in [0.2, 0.25) is 0 Å². The van der Waals surface area contributed by atoms with Crippen LogP contribution in [0.1, 0.15) is 5.56 Å². The van der Waals surface area contributed by atoms with Crippen molar-refractivity contribution >= 4 is 15.9 Å². The number of nitrogens with one attached hydrogen (secondary N) is 1. The van der Waals surface area contributed by atoms with Gasteiger partial charge in [-0.25, -0.2) is 0 Å². The first-order valence-electron chi connectivity index (χ1n) is 4.53. The highest BCUT2D eigenvalue weighted by molar-refractivity contribution is 9.11. The van der Waals surface area contributed by atoms with Gasteiger partial charge in [0.2, 0.25) is 0 Å². The first kappa shape index (κ1) is 12.1. The molecule has 0 bridgehead atoms. The van der Waals surface area contributed by atoms with E-state index in [1.165, 1.54) is 0 Å². The highest BCUT2D eigenvalue weighted by atomic mass is 79.9. The summed E-state index contributed by atoms with van der Waals surface area (Å²) in [5, 5.41) is 12.8. The third-order valence-corrected chi connectivity index (χ3v) is 2.21. The first-order valence-corrected chi connectivity index (χ1v) is 5.32. The summed E-state index contributed by atoms with van der Waals surface area (Å²) in [4.78, 5) is 0. The Labute approximate surface area is 97.9 Å². The van der Waals surface area contributed by atoms with Crippen LogP contribution in [-0.4, -0.2) is 18.8 Å². The van der Waals surface area contributed by atoms with Gasteiger partial charge in [-0.05, 0) is 6.07 Å². The fourth-order valence-electron chi connectivity index (χ4n) is 1.15. The lowest BCUT2D eigenvalue weighted by Gasteiger charge is -2.07. The van der Waals surface area contributed by atoms with Crippen molar-refractivity contribution in [3.05, 3.63) is 34.8 Å². The monoisotopic (exact) mass is 271 g/mol. The lowest BCUT2D eigenvalue weighted by Crippen LogP contribution is -2.14. The van der Waals surface area contributed by atoms with E-state index in [9.17, 15) is 5.11 Å². The van der Waals surface area contributed by atoms with Gasteiger partial charge in [-0.3, -0.25) is 0 Å². The van der Waals surface area contributed by atoms with Gasteiger partial charge in [0.05, 0.1) is 7.11 Å². The molecule has 0 aliphatic heterocycles. The molecule has 0 aromatic heterocycles. The van der Waals surface area contributed by atoms with Gasteiger partial charge in [0.15, 0.2) is 0 Å². The van der Waals surface area contributed by atoms with Crippen molar-refractivity contribution in [1.29, 1.82) is 0 Å². The van der Waals surface area contributed by atoms with Crippen LogP contribution >= 0.6 is 15.9 Å². The molecule has 0 heterocycles. The van der Waals surface area contributed by atoms with Crippen molar-refractivity contribution in [3.8, 4) is 11.5 Å². The Morgan fingerprint density at radius 2 is 2.33 bits per heavy atom. The molecule has 0 aliphatic rings. The number of methoxy groups -OCH3 is 1. The maximum atomic E-state index is 9.63. The zero-order valence-electron chi connectivity index (χ0n) is 8.59. The fraction of sp³-hybridized carbons (Fsp3) is 0.273. The van der Waals surface area contributed by atoms with Crippen LogP contribution < -0.4 is 10.1 Å². The standard InChI is InChI=1S/C11H14BrNO2/c1-8(12)6-13-7-9-3-4-10(15-2)5-11(9)14/h3-5,13-14H,1,6-7H2,2H3. The minimum atomic E-state index is 0.238. The van der Waals surface area contributed by atoms with Crippen LogP contribution in [0, 0.1) is 0 Å². The second-order valence-electron chi connectivity index (χ2n) is 3.12. The van der Waals surface area contributed by atoms with Crippen LogP contribution in [0.5, 0.6) is 11.5 Å². The van der Waals surface area contributed by atoms with Crippen molar-refractivity contribution in [2.45, 2.75) is 6.54 Å². The largest absolute Gasteiger partial charge is 0.507 e. The molecule has 2 N–H and O–H groups in total. The van der Waals surface area contributed by atoms with Crippen molar-refractivity contribution in [2.24, 2.45) is 0 Å². The zero-order valence-corrected chi connectivity index (χ0v) is 10.2. The summed E-state index contributed by atoms with van der Waals surface area (Å²) in [6.07, 6.45) is 0. The molecule has 0 radical (unpaired) electrons. The number of rotatable bonds is 5. The molecule has 0 unspecified atom stereocenters. The summed E-state index contributed by atoms with van der Waals surface area (Å²) in [6.45, 7) is 4.98. The number of hydrogen-bond donors (Lipinski definition) is 2. The fourth-order valence-corrected chi connectivity index (χ4v) is 1.35. The van der Waals surface area contributed by atoms with E-state index in [2.05, 4.69) is 27.8 Å². The lowest BCUT2D eigenvalue weighted by molar-refractivity contribution is 0.406. The van der Waals surface area contributed by atoms with Gasteiger partial charge < -0.3 is 15.2 Å². The molecular formula is C11H14BrNO2. The van der Waals surface area contributed by atoms with Gasteiger partial charge in [0.1, 0.15) is 11.5 Å². The van der Waals surface area contributed by atoms with Crippen LogP contribution in [0.4, 0.5) is 0 Å². The molecule has 0 amide bonds. The summed E-state index contributed by atoms with van der Waals surface area (Å²) in [5.74, 6) is 0.892. The van der Waals surface area contributed by atoms with E-state index in [0.29, 0.717) is 18.8 Å². The van der Waals surface area contributed by atoms with E-state index in [-0.39, 0.29) is 5.75 Å². The minimum Gasteiger partial charge on any atom is -0.507 e. The number of hydrogen-bond acceptors (Lipinski definition) is 3. The Kier molecular flexibility index (Phi) is 4.65. The van der Waals surface area contributed by atoms with E-state index < -0.39 is 0 Å². The second-order valence-corrected chi connectivity index (χ2v) is 4.24. The Morgan fingerprint density at radius 3 is 2.87 bits per heavy atom. The molecule has 0 saturated carbocycles. The van der Waals surface area contributed by atoms with Crippen molar-refractivity contribution < 1.29 is 9.84 Å². The average molecular weight is 272 g/mol. The molecule has 82 valence electrons. The van der Waals surface area contributed by atoms with E-state index in [0.717, 1.165) is 10.0 Å². The summed E-state index contributed by atoms with van der Waals surface area (Å²) in [6, 6.07) is 5.25. The van der Waals surface area contributed by atoms with E-state index in [1.807, 2.05) is 12.1 Å². The molecule has 1 aromatic carbocycles. The van der Waals surface area contributed by atoms with Crippen LogP contribution in [0.25, 0.3) is 0 Å². The van der Waals surface area contributed by atoms with Crippen LogP contribution in [0.15, 0.2) is 29.3 Å². The van der Waals surface area contributed by atoms with Gasteiger partial charge in [-0.2, -0.15) is 0 Å². The topological polar surface area (TPSA) is 41.5 Å². The molecule has 0 aliphatic carbocycles. The van der Waals surface area contributed by atoms with Gasteiger partial charge in [-0.1, -0.05) is 28.6 Å². The predicted molar refractivity (Wildman–Crippen MR) is 64.4 cm³/mol. The maximum Gasteiger partial charge on any atom is 0.123 e. The summed E-state index contributed by atoms with van der Waals surface area (Å²) in [5.41, 5.74) is 0.838. The highest BCUT2D eigenvalue weighted by Crippen LogP contribution is 2.23. The van der Waals surface area contributed by atoms with Crippen molar-refractivity contribution in [3.63, 3.8) is 0 Å². The zero-order chi connectivity index (χ0) is 11.3. The highest BCUT2D eigenvalue weighted by Gasteiger charge is 2.02. The van der Waals surface area contributed by atoms with Gasteiger partial charge in [0, 0.05) is 29.2 Å². The third kappa shape index (κ3) is 3.93. The van der Waals surface area contributed by atoms with Crippen molar-refractivity contribution in [1.82, 2.24) is 5.32 Å². The summed E-state index contributed by atoms with van der Waals surface area (Å²) in [7, 11) is 1.57. The number of aromatic hydroxyl groups is 1. The molecular weight excluding hydrogens is 258 g/mol. The Balaban J connectivity index is 2.58. The molecule has 1 aromatic rings. The van der Waals surface area contributed by atoms with Gasteiger partial charge in [-0.15, -0.1) is 0 Å². The molecule has 0 spiro atoms. The molecule has 15 heavy (non-hydrogen) atoms. The molecule has 0 fully saturated rings. The molecule has 3 nitrogen and oxygen atoms in total. The number of ether oxygens (including phenoxy) is 1. The number of phenolic OH excluding ortho intramolecular Hbond substituents is 1. The summed E-state index contributed by atoms with van der Waals surface area (Å²) < 4.78 is 5.88. The maximum absolute atomic E-state index is 9.63. The smallest absolute Gasteiger partial charge is 0.123 e. The van der Waals surface area contributed by atoms with Crippen LogP contribution in [0.3, 0.4) is 0 Å². The van der Waals surface area contributed by atoms with Crippen LogP contribution in [-0.2, 0) is 6.54 Å². The molecule has 4 heteroatoms. The summed E-state index contributed by atoms with van der Waals surface area (Å²) >= 11 is 3.25. The molecule has 1 rings (SSSR count). The number of benzene rings is 1. The quantitative estimate of drug-likeness (QED) is 0.864. The van der Waals surface area contributed by atoms with E-state index >= 15 is 0 Å². The molecule has 0 atom stereocenters. The van der Waals surface area contributed by atoms with E-state index in [4.69, 9.17) is 4.74 Å². The predicted octanol–water partition coefficient (Wildman–Crippen LogP) is 2.40. The normalized spacial score (nSPS) is 10.0. The SMILES string of the molecule is C=C(Br)CNCc1ccc(OC)cc1O. The Hall–Kier alpha value is -1.00. The average Bonchev–Trinajstić information content (AvgIpc) is 2.20. The third-order valence-electron chi connectivity index (χ3n) is 1.92. The molecule has 0 saturated heterocycles. The lowest BCUT2D eigenvalue weighted by atomic mass is 10.2. The van der Waals surface area contributed by atoms with Crippen molar-refractivity contribution in [2.75, 3.05) is 13.7 Å². The number of halogens is 1. The van der Waals surface area contributed by atoms with Gasteiger partial charge >= 0.3 is 0 Å². The van der Waals surface area contributed by atoms with E-state index in [1.54, 1.807) is 13.2 Å². The minimum absolute atomic E-state index is 0.238. The van der Waals surface area contributed by atoms with Gasteiger partial charge in [0.25, 0.3) is 0 Å².